The van der Waals surface area contributed by atoms with Gasteiger partial charge >= 0.3 is 0 Å². The molecule has 1 heterocycles. The molecule has 0 bridgehead atoms. The molecular formula is C13H13FN4O2. The number of hydrogen-bond acceptors (Lipinski definition) is 3. The van der Waals surface area contributed by atoms with E-state index < -0.39 is 17.6 Å². The van der Waals surface area contributed by atoms with Crippen LogP contribution in [0, 0.1) is 5.82 Å². The molecule has 1 aromatic heterocycles. The van der Waals surface area contributed by atoms with Crippen molar-refractivity contribution in [1.29, 1.82) is 0 Å². The molecule has 0 aliphatic carbocycles. The van der Waals surface area contributed by atoms with Gasteiger partial charge in [-0.15, -0.1) is 0 Å². The predicted molar refractivity (Wildman–Crippen MR) is 70.6 cm³/mol. The van der Waals surface area contributed by atoms with E-state index in [0.29, 0.717) is 5.82 Å². The first-order chi connectivity index (χ1) is 9.54. The number of nitrogens with zero attached hydrogens (tertiary/aromatic N) is 2. The van der Waals surface area contributed by atoms with Crippen molar-refractivity contribution in [2.24, 2.45) is 7.05 Å². The lowest BCUT2D eigenvalue weighted by Gasteiger charge is -2.05. The monoisotopic (exact) mass is 276 g/mol. The first kappa shape index (κ1) is 13.7. The molecule has 0 aliphatic heterocycles. The van der Waals surface area contributed by atoms with E-state index >= 15 is 0 Å². The van der Waals surface area contributed by atoms with Crippen molar-refractivity contribution in [1.82, 2.24) is 15.1 Å². The minimum Gasteiger partial charge on any atom is -0.343 e. The summed E-state index contributed by atoms with van der Waals surface area (Å²) in [6.45, 7) is -0.216. The van der Waals surface area contributed by atoms with Crippen LogP contribution in [0.25, 0.3) is 0 Å². The molecule has 0 atom stereocenters. The van der Waals surface area contributed by atoms with Gasteiger partial charge in [-0.1, -0.05) is 6.07 Å². The number of anilines is 1. The first-order valence-corrected chi connectivity index (χ1v) is 5.88. The maximum Gasteiger partial charge on any atom is 0.251 e. The van der Waals surface area contributed by atoms with Gasteiger partial charge < -0.3 is 10.6 Å². The molecule has 7 heteroatoms. The summed E-state index contributed by atoms with van der Waals surface area (Å²) in [7, 11) is 1.72. The zero-order valence-electron chi connectivity index (χ0n) is 10.8. The van der Waals surface area contributed by atoms with Gasteiger partial charge in [0.05, 0.1) is 6.54 Å². The van der Waals surface area contributed by atoms with E-state index in [9.17, 15) is 14.0 Å². The fourth-order valence-electron chi connectivity index (χ4n) is 1.56. The van der Waals surface area contributed by atoms with Crippen molar-refractivity contribution in [3.63, 3.8) is 0 Å². The molecule has 0 radical (unpaired) electrons. The lowest BCUT2D eigenvalue weighted by Crippen LogP contribution is -2.33. The SMILES string of the molecule is Cn1ccc(NC(=O)CNC(=O)c2cccc(F)c2)n1. The normalized spacial score (nSPS) is 10.1. The molecule has 6 nitrogen and oxygen atoms in total. The van der Waals surface area contributed by atoms with Crippen molar-refractivity contribution in [2.75, 3.05) is 11.9 Å². The van der Waals surface area contributed by atoms with Crippen molar-refractivity contribution >= 4 is 17.6 Å². The van der Waals surface area contributed by atoms with Gasteiger partial charge in [0, 0.05) is 24.9 Å². The number of amides is 2. The van der Waals surface area contributed by atoms with E-state index in [-0.39, 0.29) is 12.1 Å². The average Bonchev–Trinajstić information content (AvgIpc) is 2.81. The van der Waals surface area contributed by atoms with Gasteiger partial charge in [-0.2, -0.15) is 5.10 Å². The summed E-state index contributed by atoms with van der Waals surface area (Å²) >= 11 is 0. The molecule has 0 fully saturated rings. The zero-order valence-corrected chi connectivity index (χ0v) is 10.8. The second kappa shape index (κ2) is 5.96. The largest absolute Gasteiger partial charge is 0.343 e. The van der Waals surface area contributed by atoms with E-state index in [0.717, 1.165) is 6.07 Å². The van der Waals surface area contributed by atoms with Gasteiger partial charge in [-0.25, -0.2) is 4.39 Å². The summed E-state index contributed by atoms with van der Waals surface area (Å²) in [5, 5.41) is 8.89. The molecular weight excluding hydrogens is 263 g/mol. The Bertz CT molecular complexity index is 639. The molecule has 2 N–H and O–H groups in total. The van der Waals surface area contributed by atoms with Crippen LogP contribution in [-0.2, 0) is 11.8 Å². The molecule has 2 aromatic rings. The van der Waals surface area contributed by atoms with Gasteiger partial charge in [0.1, 0.15) is 5.82 Å². The Labute approximate surface area is 114 Å². The fourth-order valence-corrected chi connectivity index (χ4v) is 1.56. The summed E-state index contributed by atoms with van der Waals surface area (Å²) in [5.74, 6) is -1.03. The van der Waals surface area contributed by atoms with Crippen molar-refractivity contribution in [3.8, 4) is 0 Å². The predicted octanol–water partition coefficient (Wildman–Crippen LogP) is 0.928. The number of carbonyl (C=O) groups excluding carboxylic acids is 2. The molecule has 0 saturated heterocycles. The maximum atomic E-state index is 12.9. The molecule has 2 rings (SSSR count). The fraction of sp³-hybridized carbons (Fsp3) is 0.154. The van der Waals surface area contributed by atoms with Crippen LogP contribution in [0.15, 0.2) is 36.5 Å². The van der Waals surface area contributed by atoms with Crippen LogP contribution in [0.2, 0.25) is 0 Å². The molecule has 0 spiro atoms. The van der Waals surface area contributed by atoms with Gasteiger partial charge in [0.15, 0.2) is 5.82 Å². The van der Waals surface area contributed by atoms with Crippen molar-refractivity contribution < 1.29 is 14.0 Å². The third kappa shape index (κ3) is 3.64. The Morgan fingerprint density at radius 1 is 1.35 bits per heavy atom. The quantitative estimate of drug-likeness (QED) is 0.872. The molecule has 0 saturated carbocycles. The highest BCUT2D eigenvalue weighted by molar-refractivity contribution is 5.98. The number of aromatic nitrogens is 2. The van der Waals surface area contributed by atoms with E-state index in [1.807, 2.05) is 0 Å². The van der Waals surface area contributed by atoms with Crippen LogP contribution in [-0.4, -0.2) is 28.1 Å². The molecule has 0 aliphatic rings. The second-order valence-electron chi connectivity index (χ2n) is 4.12. The van der Waals surface area contributed by atoms with Crippen LogP contribution >= 0.6 is 0 Å². The second-order valence-corrected chi connectivity index (χ2v) is 4.12. The summed E-state index contributed by atoms with van der Waals surface area (Å²) in [6.07, 6.45) is 1.68. The third-order valence-electron chi connectivity index (χ3n) is 2.48. The minimum atomic E-state index is -0.513. The molecule has 2 amide bonds. The van der Waals surface area contributed by atoms with Crippen LogP contribution < -0.4 is 10.6 Å². The van der Waals surface area contributed by atoms with Crippen LogP contribution in [0.4, 0.5) is 10.2 Å². The number of benzene rings is 1. The highest BCUT2D eigenvalue weighted by atomic mass is 19.1. The van der Waals surface area contributed by atoms with E-state index in [1.165, 1.54) is 18.2 Å². The number of halogens is 1. The topological polar surface area (TPSA) is 76.0 Å². The Morgan fingerprint density at radius 2 is 2.15 bits per heavy atom. The number of carbonyl (C=O) groups is 2. The lowest BCUT2D eigenvalue weighted by molar-refractivity contribution is -0.115. The Morgan fingerprint density at radius 3 is 2.80 bits per heavy atom. The van der Waals surface area contributed by atoms with Crippen LogP contribution in [0.3, 0.4) is 0 Å². The minimum absolute atomic E-state index is 0.163. The Hall–Kier alpha value is -2.70. The Kier molecular flexibility index (Phi) is 4.09. The number of hydrogen-bond donors (Lipinski definition) is 2. The van der Waals surface area contributed by atoms with Crippen molar-refractivity contribution in [3.05, 3.63) is 47.9 Å². The summed E-state index contributed by atoms with van der Waals surface area (Å²) in [4.78, 5) is 23.3. The van der Waals surface area contributed by atoms with Gasteiger partial charge in [0.25, 0.3) is 5.91 Å². The lowest BCUT2D eigenvalue weighted by atomic mass is 10.2. The highest BCUT2D eigenvalue weighted by Gasteiger charge is 2.09. The summed E-state index contributed by atoms with van der Waals surface area (Å²) in [6, 6.07) is 6.87. The number of rotatable bonds is 4. The van der Waals surface area contributed by atoms with Gasteiger partial charge in [-0.3, -0.25) is 14.3 Å². The third-order valence-corrected chi connectivity index (χ3v) is 2.48. The van der Waals surface area contributed by atoms with Crippen molar-refractivity contribution in [2.45, 2.75) is 0 Å². The zero-order chi connectivity index (χ0) is 14.5. The molecule has 104 valence electrons. The summed E-state index contributed by atoms with van der Waals surface area (Å²) in [5.41, 5.74) is 0.163. The van der Waals surface area contributed by atoms with E-state index in [1.54, 1.807) is 24.0 Å². The smallest absolute Gasteiger partial charge is 0.251 e. The molecule has 1 aromatic carbocycles. The maximum absolute atomic E-state index is 12.9. The average molecular weight is 276 g/mol. The summed E-state index contributed by atoms with van der Waals surface area (Å²) < 4.78 is 14.5. The first-order valence-electron chi connectivity index (χ1n) is 5.88. The Balaban J connectivity index is 1.85. The van der Waals surface area contributed by atoms with Crippen LogP contribution in [0.1, 0.15) is 10.4 Å². The van der Waals surface area contributed by atoms with Crippen LogP contribution in [0.5, 0.6) is 0 Å². The standard InChI is InChI=1S/C13H13FN4O2/c1-18-6-5-11(17-18)16-12(19)8-15-13(20)9-3-2-4-10(14)7-9/h2-7H,8H2,1H3,(H,15,20)(H,16,17,19). The van der Waals surface area contributed by atoms with E-state index in [2.05, 4.69) is 15.7 Å². The highest BCUT2D eigenvalue weighted by Crippen LogP contribution is 2.03. The van der Waals surface area contributed by atoms with Gasteiger partial charge in [-0.05, 0) is 18.2 Å². The van der Waals surface area contributed by atoms with E-state index in [4.69, 9.17) is 0 Å². The molecule has 20 heavy (non-hydrogen) atoms. The number of aryl methyl sites for hydroxylation is 1. The number of nitrogens with one attached hydrogen (secondary N) is 2. The molecule has 0 unspecified atom stereocenters. The van der Waals surface area contributed by atoms with Gasteiger partial charge in [0.2, 0.25) is 5.91 Å².